The van der Waals surface area contributed by atoms with Gasteiger partial charge in [-0.25, -0.2) is 0 Å². The molecule has 7 heteroatoms. The molecule has 2 aliphatic rings. The smallest absolute Gasteiger partial charge is 0.390 e. The summed E-state index contributed by atoms with van der Waals surface area (Å²) in [5, 5.41) is 9.82. The molecule has 27 heavy (non-hydrogen) atoms. The third kappa shape index (κ3) is 4.28. The Labute approximate surface area is 157 Å². The molecule has 1 aromatic heterocycles. The van der Waals surface area contributed by atoms with Crippen molar-refractivity contribution in [2.24, 2.45) is 11.8 Å². The van der Waals surface area contributed by atoms with Gasteiger partial charge in [0.2, 0.25) is 5.91 Å². The maximum atomic E-state index is 12.9. The lowest BCUT2D eigenvalue weighted by Gasteiger charge is -2.44. The number of carbonyl (C=O) groups excluding carboxylic acids is 1. The van der Waals surface area contributed by atoms with E-state index in [1.807, 2.05) is 11.8 Å². The van der Waals surface area contributed by atoms with Crippen molar-refractivity contribution in [2.75, 3.05) is 13.1 Å². The molecule has 1 atom stereocenters. The number of pyridine rings is 1. The second kappa shape index (κ2) is 7.08. The zero-order chi connectivity index (χ0) is 20.0. The van der Waals surface area contributed by atoms with Crippen LogP contribution < -0.4 is 0 Å². The van der Waals surface area contributed by atoms with Gasteiger partial charge in [-0.15, -0.1) is 0 Å². The molecule has 0 bridgehead atoms. The molecule has 2 heterocycles. The zero-order valence-electron chi connectivity index (χ0n) is 16.0. The highest BCUT2D eigenvalue weighted by Crippen LogP contribution is 2.40. The molecule has 1 aliphatic carbocycles. The van der Waals surface area contributed by atoms with Crippen LogP contribution in [0.1, 0.15) is 62.4 Å². The van der Waals surface area contributed by atoms with Gasteiger partial charge in [0.25, 0.3) is 0 Å². The first-order chi connectivity index (χ1) is 12.5. The van der Waals surface area contributed by atoms with Gasteiger partial charge in [-0.2, -0.15) is 13.2 Å². The van der Waals surface area contributed by atoms with E-state index >= 15 is 0 Å². The van der Waals surface area contributed by atoms with Crippen LogP contribution in [0.4, 0.5) is 13.2 Å². The average Bonchev–Trinajstić information content (AvgIpc) is 2.57. The molecule has 0 radical (unpaired) electrons. The molecule has 1 N–H and O–H groups in total. The van der Waals surface area contributed by atoms with Crippen molar-refractivity contribution >= 4 is 5.91 Å². The standard InChI is InChI=1S/C20H27F3N2O2/c1-12(17-5-4-16(13(2)24-17)20(21,22)23)14-6-8-25(9-7-14)18(26)15-10-19(3,27)11-15/h4-5,12,14-15,27H,6-11H2,1-3H3/t12-,15?,19?/m1/s1. The quantitative estimate of drug-likeness (QED) is 0.860. The molecule has 150 valence electrons. The number of amides is 1. The third-order valence-electron chi connectivity index (χ3n) is 6.16. The minimum Gasteiger partial charge on any atom is -0.390 e. The molecule has 2 fully saturated rings. The third-order valence-corrected chi connectivity index (χ3v) is 6.16. The van der Waals surface area contributed by atoms with E-state index in [0.717, 1.165) is 18.9 Å². The number of hydrogen-bond donors (Lipinski definition) is 1. The van der Waals surface area contributed by atoms with Crippen LogP contribution in [0.25, 0.3) is 0 Å². The van der Waals surface area contributed by atoms with Crippen molar-refractivity contribution in [3.63, 3.8) is 0 Å². The number of halogens is 3. The second-order valence-electron chi connectivity index (χ2n) is 8.42. The van der Waals surface area contributed by atoms with Gasteiger partial charge in [0.1, 0.15) is 0 Å². The Morgan fingerprint density at radius 1 is 1.30 bits per heavy atom. The summed E-state index contributed by atoms with van der Waals surface area (Å²) in [7, 11) is 0. The highest BCUT2D eigenvalue weighted by Gasteiger charge is 2.44. The number of hydrogen-bond acceptors (Lipinski definition) is 3. The van der Waals surface area contributed by atoms with Gasteiger partial charge in [0.15, 0.2) is 0 Å². The largest absolute Gasteiger partial charge is 0.418 e. The average molecular weight is 384 g/mol. The summed E-state index contributed by atoms with van der Waals surface area (Å²) in [6.45, 7) is 6.47. The summed E-state index contributed by atoms with van der Waals surface area (Å²) in [6.07, 6.45) is -1.69. The molecule has 0 spiro atoms. The van der Waals surface area contributed by atoms with Crippen molar-refractivity contribution in [3.8, 4) is 0 Å². The lowest BCUT2D eigenvalue weighted by atomic mass is 9.71. The number of likely N-dealkylation sites (tertiary alicyclic amines) is 1. The topological polar surface area (TPSA) is 53.4 Å². The molecule has 1 amide bonds. The number of piperidine rings is 1. The number of aliphatic hydroxyl groups is 1. The predicted octanol–water partition coefficient (Wildman–Crippen LogP) is 3.91. The fourth-order valence-electron chi connectivity index (χ4n) is 4.43. The van der Waals surface area contributed by atoms with Crippen LogP contribution in [-0.4, -0.2) is 39.6 Å². The zero-order valence-corrected chi connectivity index (χ0v) is 16.0. The van der Waals surface area contributed by atoms with Crippen molar-refractivity contribution < 1.29 is 23.1 Å². The lowest BCUT2D eigenvalue weighted by molar-refractivity contribution is -0.151. The second-order valence-corrected chi connectivity index (χ2v) is 8.42. The van der Waals surface area contributed by atoms with E-state index in [9.17, 15) is 23.1 Å². The number of nitrogens with zero attached hydrogens (tertiary/aromatic N) is 2. The lowest BCUT2D eigenvalue weighted by Crippen LogP contribution is -2.51. The summed E-state index contributed by atoms with van der Waals surface area (Å²) in [5.41, 5.74) is -0.703. The van der Waals surface area contributed by atoms with E-state index in [1.54, 1.807) is 6.92 Å². The van der Waals surface area contributed by atoms with Crippen LogP contribution in [0.2, 0.25) is 0 Å². The Kier molecular flexibility index (Phi) is 5.27. The monoisotopic (exact) mass is 384 g/mol. The molecule has 1 saturated heterocycles. The number of carbonyl (C=O) groups is 1. The first kappa shape index (κ1) is 20.1. The maximum absolute atomic E-state index is 12.9. The van der Waals surface area contributed by atoms with Crippen LogP contribution >= 0.6 is 0 Å². The van der Waals surface area contributed by atoms with E-state index in [4.69, 9.17) is 0 Å². The van der Waals surface area contributed by atoms with E-state index in [0.29, 0.717) is 37.5 Å². The number of rotatable bonds is 3. The summed E-state index contributed by atoms with van der Waals surface area (Å²) in [5.74, 6) is 0.388. The van der Waals surface area contributed by atoms with Crippen LogP contribution in [-0.2, 0) is 11.0 Å². The van der Waals surface area contributed by atoms with Crippen molar-refractivity contribution in [1.82, 2.24) is 9.88 Å². The molecule has 4 nitrogen and oxygen atoms in total. The van der Waals surface area contributed by atoms with E-state index < -0.39 is 17.3 Å². The first-order valence-corrected chi connectivity index (χ1v) is 9.54. The summed E-state index contributed by atoms with van der Waals surface area (Å²) < 4.78 is 38.7. The SMILES string of the molecule is Cc1nc([C@H](C)C2CCN(C(=O)C3CC(C)(O)C3)CC2)ccc1C(F)(F)F. The van der Waals surface area contributed by atoms with Gasteiger partial charge in [-0.05, 0) is 57.6 Å². The number of aromatic nitrogens is 1. The van der Waals surface area contributed by atoms with Crippen LogP contribution in [0, 0.1) is 18.8 Å². The first-order valence-electron chi connectivity index (χ1n) is 9.54. The normalized spacial score (nSPS) is 28.0. The predicted molar refractivity (Wildman–Crippen MR) is 95.0 cm³/mol. The van der Waals surface area contributed by atoms with Gasteiger partial charge >= 0.3 is 6.18 Å². The van der Waals surface area contributed by atoms with Crippen molar-refractivity contribution in [2.45, 2.75) is 64.1 Å². The van der Waals surface area contributed by atoms with E-state index in [-0.39, 0.29) is 23.4 Å². The molecular weight excluding hydrogens is 357 g/mol. The van der Waals surface area contributed by atoms with Crippen LogP contribution in [0.5, 0.6) is 0 Å². The maximum Gasteiger partial charge on any atom is 0.418 e. The summed E-state index contributed by atoms with van der Waals surface area (Å²) in [4.78, 5) is 18.6. The Bertz CT molecular complexity index is 702. The van der Waals surface area contributed by atoms with E-state index in [1.165, 1.54) is 13.0 Å². The van der Waals surface area contributed by atoms with Gasteiger partial charge in [0, 0.05) is 36.3 Å². The fourth-order valence-corrected chi connectivity index (χ4v) is 4.43. The van der Waals surface area contributed by atoms with Gasteiger partial charge in [-0.3, -0.25) is 9.78 Å². The minimum absolute atomic E-state index is 0.0106. The van der Waals surface area contributed by atoms with Crippen LogP contribution in [0.15, 0.2) is 12.1 Å². The molecule has 1 saturated carbocycles. The number of alkyl halides is 3. The number of aryl methyl sites for hydroxylation is 1. The molecule has 1 aromatic rings. The molecule has 3 rings (SSSR count). The van der Waals surface area contributed by atoms with Crippen LogP contribution in [0.3, 0.4) is 0 Å². The Balaban J connectivity index is 1.58. The molecule has 1 aliphatic heterocycles. The Hall–Kier alpha value is -1.63. The molecule has 0 aromatic carbocycles. The minimum atomic E-state index is -4.38. The Morgan fingerprint density at radius 2 is 1.89 bits per heavy atom. The Morgan fingerprint density at radius 3 is 2.37 bits per heavy atom. The molecule has 0 unspecified atom stereocenters. The van der Waals surface area contributed by atoms with Gasteiger partial charge in [0.05, 0.1) is 11.2 Å². The van der Waals surface area contributed by atoms with Crippen molar-refractivity contribution in [1.29, 1.82) is 0 Å². The van der Waals surface area contributed by atoms with Gasteiger partial charge < -0.3 is 10.0 Å². The fraction of sp³-hybridized carbons (Fsp3) is 0.700. The van der Waals surface area contributed by atoms with E-state index in [2.05, 4.69) is 4.98 Å². The summed E-state index contributed by atoms with van der Waals surface area (Å²) >= 11 is 0. The summed E-state index contributed by atoms with van der Waals surface area (Å²) in [6, 6.07) is 2.60. The highest BCUT2D eigenvalue weighted by atomic mass is 19.4. The van der Waals surface area contributed by atoms with Crippen molar-refractivity contribution in [3.05, 3.63) is 29.1 Å². The molecular formula is C20H27F3N2O2. The van der Waals surface area contributed by atoms with Gasteiger partial charge in [-0.1, -0.05) is 6.92 Å². The highest BCUT2D eigenvalue weighted by molar-refractivity contribution is 5.80.